The monoisotopic (exact) mass is 381 g/mol. The molecule has 6 heteroatoms. The molecule has 1 aliphatic carbocycles. The first kappa shape index (κ1) is 17.8. The van der Waals surface area contributed by atoms with Crippen molar-refractivity contribution in [2.45, 2.75) is 18.1 Å². The fourth-order valence-electron chi connectivity index (χ4n) is 3.81. The summed E-state index contributed by atoms with van der Waals surface area (Å²) in [5.41, 5.74) is 1.82. The van der Waals surface area contributed by atoms with Crippen LogP contribution in [0.5, 0.6) is 0 Å². The molecule has 5 nitrogen and oxygen atoms in total. The topological polar surface area (TPSA) is 71.5 Å². The van der Waals surface area contributed by atoms with Crippen LogP contribution >= 0.6 is 0 Å². The molecule has 27 heavy (non-hydrogen) atoms. The second-order valence-electron chi connectivity index (χ2n) is 6.95. The number of likely N-dealkylation sites (tertiary alicyclic amines) is 1. The Bertz CT molecular complexity index is 989. The lowest BCUT2D eigenvalue weighted by molar-refractivity contribution is 0.0726. The van der Waals surface area contributed by atoms with E-state index in [2.05, 4.69) is 0 Å². The number of hydrogen-bond donors (Lipinski definition) is 0. The van der Waals surface area contributed by atoms with Crippen LogP contribution in [-0.4, -0.2) is 51.2 Å². The zero-order valence-electron chi connectivity index (χ0n) is 14.9. The van der Waals surface area contributed by atoms with Gasteiger partial charge in [0.15, 0.2) is 11.6 Å². The third-order valence-corrected chi connectivity index (χ3v) is 6.78. The molecule has 2 aromatic rings. The Morgan fingerprint density at radius 3 is 2.07 bits per heavy atom. The Balaban J connectivity index is 1.62. The number of carbonyl (C=O) groups excluding carboxylic acids is 3. The van der Waals surface area contributed by atoms with Crippen molar-refractivity contribution >= 4 is 28.3 Å². The van der Waals surface area contributed by atoms with Crippen LogP contribution < -0.4 is 0 Å². The molecule has 1 heterocycles. The molecule has 0 spiro atoms. The van der Waals surface area contributed by atoms with Crippen molar-refractivity contribution in [2.75, 3.05) is 19.3 Å². The number of ketones is 2. The average molecular weight is 381 g/mol. The van der Waals surface area contributed by atoms with Crippen molar-refractivity contribution in [3.8, 4) is 0 Å². The van der Waals surface area contributed by atoms with E-state index >= 15 is 0 Å². The molecular formula is C21H19NO4S. The number of carbonyl (C=O) groups is 3. The summed E-state index contributed by atoms with van der Waals surface area (Å²) in [6.07, 6.45) is 3.13. The number of fused-ring (bicyclic) bond motifs is 2. The van der Waals surface area contributed by atoms with Crippen molar-refractivity contribution < 1.29 is 18.6 Å². The molecule has 2 aliphatic rings. The van der Waals surface area contributed by atoms with Gasteiger partial charge in [-0.15, -0.1) is 0 Å². The standard InChI is InChI=1S/C21H19NO4S/c1-27(26)14-8-10-22(11-9-14)21(25)13-6-7-17-18(12-13)20(24)16-5-3-2-4-15(16)19(17)23/h2-7,12,14H,8-11H2,1H3. The largest absolute Gasteiger partial charge is 0.339 e. The molecular weight excluding hydrogens is 362 g/mol. The zero-order chi connectivity index (χ0) is 19.1. The number of piperidine rings is 1. The van der Waals surface area contributed by atoms with Gasteiger partial charge in [-0.25, -0.2) is 0 Å². The van der Waals surface area contributed by atoms with E-state index in [1.807, 2.05) is 0 Å². The quantitative estimate of drug-likeness (QED) is 0.684. The van der Waals surface area contributed by atoms with Gasteiger partial charge < -0.3 is 4.90 Å². The predicted molar refractivity (Wildman–Crippen MR) is 103 cm³/mol. The van der Waals surface area contributed by atoms with Crippen molar-refractivity contribution in [1.29, 1.82) is 0 Å². The van der Waals surface area contributed by atoms with Crippen LogP contribution in [-0.2, 0) is 10.8 Å². The molecule has 0 bridgehead atoms. The molecule has 1 fully saturated rings. The van der Waals surface area contributed by atoms with Crippen molar-refractivity contribution in [1.82, 2.24) is 4.90 Å². The summed E-state index contributed by atoms with van der Waals surface area (Å²) in [6.45, 7) is 1.10. The normalized spacial score (nSPS) is 18.0. The second-order valence-corrected chi connectivity index (χ2v) is 8.62. The highest BCUT2D eigenvalue weighted by Gasteiger charge is 2.31. The van der Waals surface area contributed by atoms with Crippen LogP contribution in [0, 0.1) is 0 Å². The SMILES string of the molecule is CS(=O)C1CCN(C(=O)c2ccc3c(c2)C(=O)c2ccccc2C3=O)CC1. The Morgan fingerprint density at radius 1 is 0.926 bits per heavy atom. The zero-order valence-corrected chi connectivity index (χ0v) is 15.8. The van der Waals surface area contributed by atoms with E-state index in [-0.39, 0.29) is 28.3 Å². The summed E-state index contributed by atoms with van der Waals surface area (Å²) in [6, 6.07) is 11.5. The lowest BCUT2D eigenvalue weighted by Gasteiger charge is -2.31. The van der Waals surface area contributed by atoms with Gasteiger partial charge in [-0.3, -0.25) is 18.6 Å². The first-order valence-corrected chi connectivity index (χ1v) is 10.5. The van der Waals surface area contributed by atoms with Crippen LogP contribution in [0.25, 0.3) is 0 Å². The van der Waals surface area contributed by atoms with Crippen LogP contribution in [0.15, 0.2) is 42.5 Å². The molecule has 1 saturated heterocycles. The highest BCUT2D eigenvalue weighted by molar-refractivity contribution is 7.84. The second kappa shape index (κ2) is 6.85. The van der Waals surface area contributed by atoms with E-state index in [1.165, 1.54) is 6.07 Å². The van der Waals surface area contributed by atoms with E-state index in [4.69, 9.17) is 0 Å². The fourth-order valence-corrected chi connectivity index (χ4v) is 4.68. The minimum Gasteiger partial charge on any atom is -0.339 e. The molecule has 1 amide bonds. The van der Waals surface area contributed by atoms with Crippen LogP contribution in [0.4, 0.5) is 0 Å². The first-order chi connectivity index (χ1) is 13.0. The molecule has 1 unspecified atom stereocenters. The predicted octanol–water partition coefficient (Wildman–Crippen LogP) is 2.45. The van der Waals surface area contributed by atoms with Crippen molar-refractivity contribution in [3.05, 3.63) is 70.3 Å². The molecule has 138 valence electrons. The molecule has 0 aromatic heterocycles. The van der Waals surface area contributed by atoms with Gasteiger partial charge in [0.05, 0.1) is 0 Å². The summed E-state index contributed by atoms with van der Waals surface area (Å²) < 4.78 is 11.6. The van der Waals surface area contributed by atoms with Crippen LogP contribution in [0.1, 0.15) is 55.0 Å². The number of benzene rings is 2. The Hall–Kier alpha value is -2.60. The number of hydrogen-bond acceptors (Lipinski definition) is 4. The van der Waals surface area contributed by atoms with E-state index in [1.54, 1.807) is 47.6 Å². The molecule has 0 saturated carbocycles. The average Bonchev–Trinajstić information content (AvgIpc) is 2.71. The summed E-state index contributed by atoms with van der Waals surface area (Å²) in [5, 5.41) is 0.133. The van der Waals surface area contributed by atoms with Gasteiger partial charge in [0.25, 0.3) is 5.91 Å². The van der Waals surface area contributed by atoms with Gasteiger partial charge in [0, 0.05) is 63.2 Å². The van der Waals surface area contributed by atoms with Crippen LogP contribution in [0.2, 0.25) is 0 Å². The smallest absolute Gasteiger partial charge is 0.253 e. The maximum atomic E-state index is 12.8. The number of amides is 1. The first-order valence-electron chi connectivity index (χ1n) is 8.91. The minimum atomic E-state index is -0.876. The van der Waals surface area contributed by atoms with Crippen molar-refractivity contribution in [2.24, 2.45) is 0 Å². The summed E-state index contributed by atoms with van der Waals surface area (Å²) in [7, 11) is -0.876. The lowest BCUT2D eigenvalue weighted by Crippen LogP contribution is -2.41. The van der Waals surface area contributed by atoms with Crippen molar-refractivity contribution in [3.63, 3.8) is 0 Å². The van der Waals surface area contributed by atoms with E-state index in [0.717, 1.165) is 0 Å². The Labute approximate surface area is 159 Å². The molecule has 1 aliphatic heterocycles. The van der Waals surface area contributed by atoms with Gasteiger partial charge in [-0.1, -0.05) is 24.3 Å². The minimum absolute atomic E-state index is 0.133. The summed E-state index contributed by atoms with van der Waals surface area (Å²) >= 11 is 0. The van der Waals surface area contributed by atoms with Gasteiger partial charge in [-0.2, -0.15) is 0 Å². The molecule has 4 rings (SSSR count). The van der Waals surface area contributed by atoms with Gasteiger partial charge >= 0.3 is 0 Å². The van der Waals surface area contributed by atoms with E-state index < -0.39 is 10.8 Å². The highest BCUT2D eigenvalue weighted by Crippen LogP contribution is 2.28. The Morgan fingerprint density at radius 2 is 1.48 bits per heavy atom. The number of nitrogens with zero attached hydrogens (tertiary/aromatic N) is 1. The third kappa shape index (κ3) is 3.04. The highest BCUT2D eigenvalue weighted by atomic mass is 32.2. The fraction of sp³-hybridized carbons (Fsp3) is 0.286. The Kier molecular flexibility index (Phi) is 4.52. The van der Waals surface area contributed by atoms with Gasteiger partial charge in [0.2, 0.25) is 0 Å². The number of rotatable bonds is 2. The van der Waals surface area contributed by atoms with Gasteiger partial charge in [-0.05, 0) is 31.0 Å². The summed E-state index contributed by atoms with van der Waals surface area (Å²) in [4.78, 5) is 40.1. The van der Waals surface area contributed by atoms with E-state index in [0.29, 0.717) is 48.2 Å². The maximum absolute atomic E-state index is 12.8. The lowest BCUT2D eigenvalue weighted by atomic mass is 9.83. The third-order valence-electron chi connectivity index (χ3n) is 5.37. The van der Waals surface area contributed by atoms with Crippen LogP contribution in [0.3, 0.4) is 0 Å². The molecule has 0 N–H and O–H groups in total. The molecule has 0 radical (unpaired) electrons. The van der Waals surface area contributed by atoms with Gasteiger partial charge in [0.1, 0.15) is 0 Å². The molecule has 1 atom stereocenters. The summed E-state index contributed by atoms with van der Waals surface area (Å²) in [5.74, 6) is -0.572. The molecule has 2 aromatic carbocycles. The van der Waals surface area contributed by atoms with E-state index in [9.17, 15) is 18.6 Å². The maximum Gasteiger partial charge on any atom is 0.253 e.